The van der Waals surface area contributed by atoms with E-state index in [1.54, 1.807) is 0 Å². The average molecular weight is 328 g/mol. The van der Waals surface area contributed by atoms with Crippen molar-refractivity contribution in [3.8, 4) is 0 Å². The smallest absolute Gasteiger partial charge is 0.227 e. The first kappa shape index (κ1) is 16.8. The number of piperidine rings is 1. The maximum atomic E-state index is 11.8. The lowest BCUT2D eigenvalue weighted by Crippen LogP contribution is -2.45. The zero-order valence-corrected chi connectivity index (χ0v) is 14.8. The van der Waals surface area contributed by atoms with E-state index < -0.39 is 0 Å². The number of benzene rings is 1. The van der Waals surface area contributed by atoms with Crippen molar-refractivity contribution in [3.63, 3.8) is 0 Å². The van der Waals surface area contributed by atoms with Gasteiger partial charge in [-0.3, -0.25) is 9.79 Å². The summed E-state index contributed by atoms with van der Waals surface area (Å²) in [6.45, 7) is 6.06. The second-order valence-electron chi connectivity index (χ2n) is 6.91. The minimum absolute atomic E-state index is 0.237. The molecule has 1 amide bonds. The van der Waals surface area contributed by atoms with Gasteiger partial charge in [0.2, 0.25) is 5.91 Å². The molecule has 0 spiro atoms. The molecule has 2 saturated heterocycles. The predicted molar refractivity (Wildman–Crippen MR) is 98.2 cm³/mol. The highest BCUT2D eigenvalue weighted by Gasteiger charge is 2.21. The van der Waals surface area contributed by atoms with Gasteiger partial charge in [-0.25, -0.2) is 0 Å². The molecule has 1 aromatic rings. The SMILES string of the molecule is CN=C(NCc1ccc(N2CCCC2=O)cc1)N1CCCC(C)C1. The van der Waals surface area contributed by atoms with Crippen LogP contribution in [-0.2, 0) is 11.3 Å². The Morgan fingerprint density at radius 1 is 1.25 bits per heavy atom. The van der Waals surface area contributed by atoms with E-state index in [4.69, 9.17) is 0 Å². The second kappa shape index (κ2) is 7.69. The Bertz CT molecular complexity index is 596. The zero-order valence-electron chi connectivity index (χ0n) is 14.8. The molecule has 24 heavy (non-hydrogen) atoms. The van der Waals surface area contributed by atoms with Gasteiger partial charge in [0.25, 0.3) is 0 Å². The third-order valence-electron chi connectivity index (χ3n) is 4.94. The van der Waals surface area contributed by atoms with Crippen LogP contribution >= 0.6 is 0 Å². The molecule has 2 aliphatic heterocycles. The van der Waals surface area contributed by atoms with Gasteiger partial charge >= 0.3 is 0 Å². The van der Waals surface area contributed by atoms with Crippen LogP contribution in [0.3, 0.4) is 0 Å². The number of aliphatic imine (C=N–C) groups is 1. The van der Waals surface area contributed by atoms with Gasteiger partial charge in [-0.15, -0.1) is 0 Å². The van der Waals surface area contributed by atoms with Crippen LogP contribution in [0.4, 0.5) is 5.69 Å². The van der Waals surface area contributed by atoms with Gasteiger partial charge in [0.05, 0.1) is 0 Å². The third kappa shape index (κ3) is 3.89. The standard InChI is InChI=1S/C19H28N4O/c1-15-5-3-11-22(14-15)19(20-2)21-13-16-7-9-17(10-8-16)23-12-4-6-18(23)24/h7-10,15H,3-6,11-14H2,1-2H3,(H,20,21). The molecule has 1 atom stereocenters. The molecule has 1 unspecified atom stereocenters. The molecule has 2 heterocycles. The highest BCUT2D eigenvalue weighted by atomic mass is 16.2. The highest BCUT2D eigenvalue weighted by Crippen LogP contribution is 2.21. The third-order valence-corrected chi connectivity index (χ3v) is 4.94. The Morgan fingerprint density at radius 3 is 2.67 bits per heavy atom. The van der Waals surface area contributed by atoms with Gasteiger partial charge < -0.3 is 15.1 Å². The Hall–Kier alpha value is -2.04. The second-order valence-corrected chi connectivity index (χ2v) is 6.91. The van der Waals surface area contributed by atoms with E-state index in [2.05, 4.69) is 34.3 Å². The summed E-state index contributed by atoms with van der Waals surface area (Å²) in [5, 5.41) is 3.47. The van der Waals surface area contributed by atoms with E-state index in [0.717, 1.165) is 50.2 Å². The molecule has 5 nitrogen and oxygen atoms in total. The maximum Gasteiger partial charge on any atom is 0.227 e. The lowest BCUT2D eigenvalue weighted by atomic mass is 10.0. The lowest BCUT2D eigenvalue weighted by molar-refractivity contribution is -0.117. The number of carbonyl (C=O) groups excluding carboxylic acids is 1. The molecular formula is C19H28N4O. The fourth-order valence-electron chi connectivity index (χ4n) is 3.61. The number of carbonyl (C=O) groups is 1. The van der Waals surface area contributed by atoms with Crippen molar-refractivity contribution in [2.75, 3.05) is 31.6 Å². The first-order valence-electron chi connectivity index (χ1n) is 9.02. The Kier molecular flexibility index (Phi) is 5.38. The molecule has 0 aromatic heterocycles. The van der Waals surface area contributed by atoms with Crippen molar-refractivity contribution >= 4 is 17.6 Å². The lowest BCUT2D eigenvalue weighted by Gasteiger charge is -2.33. The van der Waals surface area contributed by atoms with Crippen LogP contribution < -0.4 is 10.2 Å². The minimum Gasteiger partial charge on any atom is -0.352 e. The van der Waals surface area contributed by atoms with Gasteiger partial charge in [-0.05, 0) is 42.9 Å². The van der Waals surface area contributed by atoms with Crippen molar-refractivity contribution < 1.29 is 4.79 Å². The number of hydrogen-bond acceptors (Lipinski definition) is 2. The summed E-state index contributed by atoms with van der Waals surface area (Å²) >= 11 is 0. The summed E-state index contributed by atoms with van der Waals surface area (Å²) in [5.41, 5.74) is 2.21. The van der Waals surface area contributed by atoms with Crippen molar-refractivity contribution in [3.05, 3.63) is 29.8 Å². The van der Waals surface area contributed by atoms with Crippen LogP contribution in [0.25, 0.3) is 0 Å². The summed E-state index contributed by atoms with van der Waals surface area (Å²) < 4.78 is 0. The number of nitrogens with zero attached hydrogens (tertiary/aromatic N) is 3. The largest absolute Gasteiger partial charge is 0.352 e. The molecule has 1 N–H and O–H groups in total. The molecule has 0 saturated carbocycles. The molecule has 1 aromatic carbocycles. The fourth-order valence-corrected chi connectivity index (χ4v) is 3.61. The molecule has 0 radical (unpaired) electrons. The molecule has 2 aliphatic rings. The monoisotopic (exact) mass is 328 g/mol. The van der Waals surface area contributed by atoms with Crippen LogP contribution in [0, 0.1) is 5.92 Å². The van der Waals surface area contributed by atoms with Gasteiger partial charge in [0.1, 0.15) is 0 Å². The number of rotatable bonds is 3. The van der Waals surface area contributed by atoms with Crippen LogP contribution in [0.1, 0.15) is 38.2 Å². The summed E-state index contributed by atoms with van der Waals surface area (Å²) in [6, 6.07) is 8.29. The molecule has 0 aliphatic carbocycles. The van der Waals surface area contributed by atoms with Gasteiger partial charge in [0, 0.05) is 45.3 Å². The quantitative estimate of drug-likeness (QED) is 0.685. The molecule has 2 fully saturated rings. The van der Waals surface area contributed by atoms with E-state index >= 15 is 0 Å². The summed E-state index contributed by atoms with van der Waals surface area (Å²) in [5.74, 6) is 1.95. The average Bonchev–Trinajstić information content (AvgIpc) is 3.02. The van der Waals surface area contributed by atoms with E-state index in [1.807, 2.05) is 24.1 Å². The van der Waals surface area contributed by atoms with E-state index in [1.165, 1.54) is 18.4 Å². The molecule has 5 heteroatoms. The molecule has 0 bridgehead atoms. The van der Waals surface area contributed by atoms with E-state index in [9.17, 15) is 4.79 Å². The predicted octanol–water partition coefficient (Wildman–Crippen LogP) is 2.62. The van der Waals surface area contributed by atoms with Crippen LogP contribution in [0.5, 0.6) is 0 Å². The van der Waals surface area contributed by atoms with Gasteiger partial charge in [-0.2, -0.15) is 0 Å². The minimum atomic E-state index is 0.237. The number of likely N-dealkylation sites (tertiary alicyclic amines) is 1. The molecule has 3 rings (SSSR count). The number of anilines is 1. The first-order chi connectivity index (χ1) is 11.7. The van der Waals surface area contributed by atoms with Crippen LogP contribution in [0.2, 0.25) is 0 Å². The van der Waals surface area contributed by atoms with E-state index in [-0.39, 0.29) is 5.91 Å². The van der Waals surface area contributed by atoms with Crippen LogP contribution in [0.15, 0.2) is 29.3 Å². The van der Waals surface area contributed by atoms with Crippen LogP contribution in [-0.4, -0.2) is 43.4 Å². The summed E-state index contributed by atoms with van der Waals surface area (Å²) in [7, 11) is 1.85. The summed E-state index contributed by atoms with van der Waals surface area (Å²) in [6.07, 6.45) is 4.19. The maximum absolute atomic E-state index is 11.8. The number of nitrogens with one attached hydrogen (secondary N) is 1. The topological polar surface area (TPSA) is 47.9 Å². The first-order valence-corrected chi connectivity index (χ1v) is 9.02. The molecular weight excluding hydrogens is 300 g/mol. The number of guanidine groups is 1. The Morgan fingerprint density at radius 2 is 2.04 bits per heavy atom. The number of hydrogen-bond donors (Lipinski definition) is 1. The zero-order chi connectivity index (χ0) is 16.9. The van der Waals surface area contributed by atoms with Gasteiger partial charge in [-0.1, -0.05) is 19.1 Å². The summed E-state index contributed by atoms with van der Waals surface area (Å²) in [4.78, 5) is 20.5. The van der Waals surface area contributed by atoms with Gasteiger partial charge in [0.15, 0.2) is 5.96 Å². The van der Waals surface area contributed by atoms with Crippen molar-refractivity contribution in [2.45, 2.75) is 39.2 Å². The normalized spacial score (nSPS) is 22.2. The molecule has 130 valence electrons. The van der Waals surface area contributed by atoms with Crippen molar-refractivity contribution in [1.82, 2.24) is 10.2 Å². The Balaban J connectivity index is 1.56. The fraction of sp³-hybridized carbons (Fsp3) is 0.579. The highest BCUT2D eigenvalue weighted by molar-refractivity contribution is 5.95. The number of amides is 1. The Labute approximate surface area is 144 Å². The van der Waals surface area contributed by atoms with Crippen molar-refractivity contribution in [2.24, 2.45) is 10.9 Å². The van der Waals surface area contributed by atoms with E-state index in [0.29, 0.717) is 6.42 Å². The van der Waals surface area contributed by atoms with Crippen molar-refractivity contribution in [1.29, 1.82) is 0 Å².